The maximum absolute atomic E-state index is 11.9. The summed E-state index contributed by atoms with van der Waals surface area (Å²) in [7, 11) is 0. The number of hydrogen-bond donors (Lipinski definition) is 3. The van der Waals surface area contributed by atoms with Gasteiger partial charge in [0.05, 0.1) is 5.25 Å². The molecule has 1 amide bonds. The van der Waals surface area contributed by atoms with Gasteiger partial charge in [-0.05, 0) is 24.8 Å². The quantitative estimate of drug-likeness (QED) is 0.698. The molecule has 0 aliphatic rings. The van der Waals surface area contributed by atoms with Crippen LogP contribution in [0.1, 0.15) is 11.8 Å². The fourth-order valence-electron chi connectivity index (χ4n) is 1.43. The Morgan fingerprint density at radius 1 is 1.68 bits per heavy atom. The summed E-state index contributed by atoms with van der Waals surface area (Å²) in [5.41, 5.74) is 5.42. The number of nitrogen functional groups attached to an aromatic ring is 1. The Hall–Kier alpha value is -1.54. The molecule has 0 unspecified atom stereocenters. The molecule has 8 heteroatoms. The Balaban J connectivity index is 1.73. The summed E-state index contributed by atoms with van der Waals surface area (Å²) >= 11 is 2.97. The monoisotopic (exact) mass is 297 g/mol. The highest BCUT2D eigenvalue weighted by molar-refractivity contribution is 8.00. The predicted molar refractivity (Wildman–Crippen MR) is 77.1 cm³/mol. The van der Waals surface area contributed by atoms with Crippen LogP contribution in [-0.2, 0) is 11.2 Å². The lowest BCUT2D eigenvalue weighted by Crippen LogP contribution is -2.32. The summed E-state index contributed by atoms with van der Waals surface area (Å²) in [6, 6.07) is 4.07. The van der Waals surface area contributed by atoms with Gasteiger partial charge in [-0.3, -0.25) is 4.79 Å². The summed E-state index contributed by atoms with van der Waals surface area (Å²) in [6.07, 6.45) is 0.856. The SMILES string of the molecule is C[C@@H](Sc1n[nH]c(N)n1)C(=O)NCCc1cccs1. The van der Waals surface area contributed by atoms with Crippen LogP contribution in [0.5, 0.6) is 0 Å². The largest absolute Gasteiger partial charge is 0.368 e. The summed E-state index contributed by atoms with van der Waals surface area (Å²) in [5.74, 6) is 0.234. The van der Waals surface area contributed by atoms with Crippen LogP contribution in [0, 0.1) is 0 Å². The van der Waals surface area contributed by atoms with Crippen molar-refractivity contribution in [3.05, 3.63) is 22.4 Å². The zero-order chi connectivity index (χ0) is 13.7. The molecule has 19 heavy (non-hydrogen) atoms. The van der Waals surface area contributed by atoms with Crippen molar-refractivity contribution in [2.45, 2.75) is 23.8 Å². The number of rotatable bonds is 6. The molecule has 0 bridgehead atoms. The van der Waals surface area contributed by atoms with E-state index in [0.29, 0.717) is 11.7 Å². The number of aromatic nitrogens is 3. The van der Waals surface area contributed by atoms with E-state index < -0.39 is 0 Å². The number of H-pyrrole nitrogens is 1. The predicted octanol–water partition coefficient (Wildman–Crippen LogP) is 1.29. The summed E-state index contributed by atoms with van der Waals surface area (Å²) in [6.45, 7) is 2.46. The van der Waals surface area contributed by atoms with Gasteiger partial charge in [0.25, 0.3) is 0 Å². The van der Waals surface area contributed by atoms with Gasteiger partial charge in [-0.15, -0.1) is 16.4 Å². The molecule has 0 aromatic carbocycles. The second-order valence-corrected chi connectivity index (χ2v) is 6.22. The minimum absolute atomic E-state index is 0.0232. The Labute approximate surface area is 119 Å². The van der Waals surface area contributed by atoms with Crippen LogP contribution in [-0.4, -0.2) is 32.9 Å². The molecule has 1 atom stereocenters. The van der Waals surface area contributed by atoms with Crippen LogP contribution in [0.3, 0.4) is 0 Å². The average Bonchev–Trinajstić information content (AvgIpc) is 3.01. The van der Waals surface area contributed by atoms with Crippen molar-refractivity contribution in [2.75, 3.05) is 12.3 Å². The van der Waals surface area contributed by atoms with E-state index in [2.05, 4.69) is 26.6 Å². The van der Waals surface area contributed by atoms with Gasteiger partial charge in [0.2, 0.25) is 17.0 Å². The van der Waals surface area contributed by atoms with Crippen molar-refractivity contribution >= 4 is 35.0 Å². The first-order chi connectivity index (χ1) is 9.15. The zero-order valence-electron chi connectivity index (χ0n) is 10.4. The van der Waals surface area contributed by atoms with E-state index in [9.17, 15) is 4.79 Å². The van der Waals surface area contributed by atoms with E-state index in [1.54, 1.807) is 11.3 Å². The first kappa shape index (κ1) is 13.9. The number of carbonyl (C=O) groups excluding carboxylic acids is 1. The molecule has 6 nitrogen and oxygen atoms in total. The number of anilines is 1. The molecule has 0 saturated heterocycles. The fraction of sp³-hybridized carbons (Fsp3) is 0.364. The lowest BCUT2D eigenvalue weighted by atomic mass is 10.3. The second kappa shape index (κ2) is 6.58. The number of thiophene rings is 1. The number of amides is 1. The molecule has 2 aromatic rings. The third-order valence-corrected chi connectivity index (χ3v) is 4.28. The molecular formula is C11H15N5OS2. The number of thioether (sulfide) groups is 1. The van der Waals surface area contributed by atoms with Crippen LogP contribution in [0.4, 0.5) is 5.95 Å². The molecule has 0 radical (unpaired) electrons. The summed E-state index contributed by atoms with van der Waals surface area (Å²) in [4.78, 5) is 17.1. The lowest BCUT2D eigenvalue weighted by molar-refractivity contribution is -0.120. The molecule has 2 rings (SSSR count). The van der Waals surface area contributed by atoms with Crippen LogP contribution < -0.4 is 11.1 Å². The first-order valence-electron chi connectivity index (χ1n) is 5.80. The minimum Gasteiger partial charge on any atom is -0.368 e. The molecule has 0 fully saturated rings. The molecule has 2 heterocycles. The van der Waals surface area contributed by atoms with E-state index in [4.69, 9.17) is 5.73 Å². The second-order valence-electron chi connectivity index (χ2n) is 3.88. The highest BCUT2D eigenvalue weighted by atomic mass is 32.2. The molecular weight excluding hydrogens is 282 g/mol. The van der Waals surface area contributed by atoms with Gasteiger partial charge in [0.1, 0.15) is 0 Å². The minimum atomic E-state index is -0.251. The normalized spacial score (nSPS) is 12.3. The van der Waals surface area contributed by atoms with Crippen molar-refractivity contribution in [1.29, 1.82) is 0 Å². The van der Waals surface area contributed by atoms with E-state index in [1.807, 2.05) is 18.4 Å². The number of aromatic amines is 1. The van der Waals surface area contributed by atoms with Crippen molar-refractivity contribution in [1.82, 2.24) is 20.5 Å². The number of carbonyl (C=O) groups is 1. The topological polar surface area (TPSA) is 96.7 Å². The highest BCUT2D eigenvalue weighted by Gasteiger charge is 2.16. The van der Waals surface area contributed by atoms with Crippen LogP contribution >= 0.6 is 23.1 Å². The lowest BCUT2D eigenvalue weighted by Gasteiger charge is -2.09. The number of nitrogens with one attached hydrogen (secondary N) is 2. The third-order valence-electron chi connectivity index (χ3n) is 2.38. The number of nitrogens with two attached hydrogens (primary N) is 1. The maximum Gasteiger partial charge on any atom is 0.233 e. The smallest absolute Gasteiger partial charge is 0.233 e. The van der Waals surface area contributed by atoms with E-state index >= 15 is 0 Å². The molecule has 4 N–H and O–H groups in total. The van der Waals surface area contributed by atoms with Crippen molar-refractivity contribution in [2.24, 2.45) is 0 Å². The van der Waals surface area contributed by atoms with Gasteiger partial charge < -0.3 is 11.1 Å². The Bertz CT molecular complexity index is 525. The zero-order valence-corrected chi connectivity index (χ0v) is 12.1. The summed E-state index contributed by atoms with van der Waals surface area (Å²) in [5, 5.41) is 11.6. The molecule has 102 valence electrons. The average molecular weight is 297 g/mol. The van der Waals surface area contributed by atoms with Gasteiger partial charge in [-0.25, -0.2) is 5.10 Å². The number of nitrogens with zero attached hydrogens (tertiary/aromatic N) is 2. The van der Waals surface area contributed by atoms with Crippen LogP contribution in [0.2, 0.25) is 0 Å². The van der Waals surface area contributed by atoms with Gasteiger partial charge >= 0.3 is 0 Å². The van der Waals surface area contributed by atoms with E-state index in [0.717, 1.165) is 6.42 Å². The van der Waals surface area contributed by atoms with Gasteiger partial charge in [0, 0.05) is 11.4 Å². The molecule has 0 saturated carbocycles. The molecule has 2 aromatic heterocycles. The van der Waals surface area contributed by atoms with E-state index in [1.165, 1.54) is 16.6 Å². The van der Waals surface area contributed by atoms with E-state index in [-0.39, 0.29) is 17.1 Å². The van der Waals surface area contributed by atoms with Crippen molar-refractivity contribution in [3.8, 4) is 0 Å². The number of hydrogen-bond acceptors (Lipinski definition) is 6. The van der Waals surface area contributed by atoms with Gasteiger partial charge in [-0.2, -0.15) is 4.98 Å². The third kappa shape index (κ3) is 4.25. The highest BCUT2D eigenvalue weighted by Crippen LogP contribution is 2.19. The summed E-state index contributed by atoms with van der Waals surface area (Å²) < 4.78 is 0. The Kier molecular flexibility index (Phi) is 4.80. The molecule has 0 spiro atoms. The van der Waals surface area contributed by atoms with Crippen molar-refractivity contribution < 1.29 is 4.79 Å². The Morgan fingerprint density at radius 3 is 3.16 bits per heavy atom. The first-order valence-corrected chi connectivity index (χ1v) is 7.55. The molecule has 0 aliphatic carbocycles. The molecule has 0 aliphatic heterocycles. The van der Waals surface area contributed by atoms with Crippen LogP contribution in [0.15, 0.2) is 22.7 Å². The standard InChI is InChI=1S/C11H15N5OS2/c1-7(19-11-14-10(12)15-16-11)9(17)13-5-4-8-3-2-6-18-8/h2-3,6-7H,4-5H2,1H3,(H,13,17)(H3,12,14,15,16)/t7-/m1/s1. The van der Waals surface area contributed by atoms with Crippen molar-refractivity contribution in [3.63, 3.8) is 0 Å². The fourth-order valence-corrected chi connectivity index (χ4v) is 2.89. The van der Waals surface area contributed by atoms with Gasteiger partial charge in [-0.1, -0.05) is 17.8 Å². The van der Waals surface area contributed by atoms with Gasteiger partial charge in [0.15, 0.2) is 0 Å². The van der Waals surface area contributed by atoms with Crippen LogP contribution in [0.25, 0.3) is 0 Å². The Morgan fingerprint density at radius 2 is 2.53 bits per heavy atom. The maximum atomic E-state index is 11.9.